The van der Waals surface area contributed by atoms with Crippen molar-refractivity contribution in [2.75, 3.05) is 13.2 Å². The van der Waals surface area contributed by atoms with E-state index in [0.29, 0.717) is 13.2 Å². The van der Waals surface area contributed by atoms with Gasteiger partial charge in [-0.25, -0.2) is 10.9 Å². The molecule has 8 heteroatoms. The average molecular weight is 410 g/mol. The lowest BCUT2D eigenvalue weighted by molar-refractivity contribution is -0.139. The van der Waals surface area contributed by atoms with Gasteiger partial charge in [0.2, 0.25) is 0 Å². The molecule has 0 spiro atoms. The summed E-state index contributed by atoms with van der Waals surface area (Å²) in [6.45, 7) is 5.37. The summed E-state index contributed by atoms with van der Waals surface area (Å²) in [5.41, 5.74) is 5.81. The second-order valence-corrected chi connectivity index (χ2v) is 6.23. The molecule has 158 valence electrons. The minimum Gasteiger partial charge on any atom is -0.494 e. The lowest BCUT2D eigenvalue weighted by Gasteiger charge is -2.04. The molecular weight excluding hydrogens is 384 g/mol. The van der Waals surface area contributed by atoms with Crippen molar-refractivity contribution in [1.29, 1.82) is 0 Å². The Morgan fingerprint density at radius 3 is 1.43 bits per heavy atom. The SMILES string of the molecule is CCCOc1ccc(/C=N/NC(=O)C(=O)N/N=C/c2ccc(OCCC)cc2)cc1. The van der Waals surface area contributed by atoms with Crippen LogP contribution in [-0.4, -0.2) is 37.5 Å². The number of carbonyl (C=O) groups is 2. The molecule has 0 bridgehead atoms. The average Bonchev–Trinajstić information content (AvgIpc) is 2.77. The van der Waals surface area contributed by atoms with Gasteiger partial charge in [-0.2, -0.15) is 10.2 Å². The number of nitrogens with zero attached hydrogens (tertiary/aromatic N) is 2. The largest absolute Gasteiger partial charge is 0.494 e. The fourth-order valence-corrected chi connectivity index (χ4v) is 2.17. The molecule has 2 aromatic carbocycles. The van der Waals surface area contributed by atoms with Gasteiger partial charge in [-0.15, -0.1) is 0 Å². The Balaban J connectivity index is 1.75. The fourth-order valence-electron chi connectivity index (χ4n) is 2.17. The summed E-state index contributed by atoms with van der Waals surface area (Å²) in [5.74, 6) is -0.318. The van der Waals surface area contributed by atoms with Crippen molar-refractivity contribution in [3.63, 3.8) is 0 Å². The molecule has 0 fully saturated rings. The zero-order valence-electron chi connectivity index (χ0n) is 17.1. The minimum absolute atomic E-state index is 0.653. The topological polar surface area (TPSA) is 101 Å². The first-order chi connectivity index (χ1) is 14.6. The van der Waals surface area contributed by atoms with E-state index < -0.39 is 11.8 Å². The summed E-state index contributed by atoms with van der Waals surface area (Å²) in [6, 6.07) is 14.4. The van der Waals surface area contributed by atoms with Crippen molar-refractivity contribution in [3.05, 3.63) is 59.7 Å². The first-order valence-electron chi connectivity index (χ1n) is 9.74. The number of rotatable bonds is 10. The predicted molar refractivity (Wildman–Crippen MR) is 116 cm³/mol. The highest BCUT2D eigenvalue weighted by Gasteiger charge is 2.11. The van der Waals surface area contributed by atoms with Gasteiger partial charge in [0.1, 0.15) is 11.5 Å². The normalized spacial score (nSPS) is 10.9. The smallest absolute Gasteiger partial charge is 0.331 e. The van der Waals surface area contributed by atoms with Crippen LogP contribution in [0.3, 0.4) is 0 Å². The number of hydrogen-bond donors (Lipinski definition) is 2. The van der Waals surface area contributed by atoms with E-state index in [2.05, 4.69) is 21.1 Å². The molecule has 0 unspecified atom stereocenters. The standard InChI is InChI=1S/C22H26N4O4/c1-3-13-29-19-9-5-17(6-10-19)15-23-25-21(27)22(28)26-24-16-18-7-11-20(12-8-18)30-14-4-2/h5-12,15-16H,3-4,13-14H2,1-2H3,(H,25,27)(H,26,28)/b23-15+,24-16+. The molecule has 0 saturated heterocycles. The third-order valence-corrected chi connectivity index (χ3v) is 3.67. The van der Waals surface area contributed by atoms with Crippen molar-refractivity contribution >= 4 is 24.2 Å². The van der Waals surface area contributed by atoms with E-state index in [1.807, 2.05) is 38.1 Å². The Morgan fingerprint density at radius 2 is 1.10 bits per heavy atom. The van der Waals surface area contributed by atoms with Gasteiger partial charge >= 0.3 is 11.8 Å². The van der Waals surface area contributed by atoms with Crippen molar-refractivity contribution in [1.82, 2.24) is 10.9 Å². The first kappa shape index (κ1) is 22.6. The Labute approximate surface area is 176 Å². The van der Waals surface area contributed by atoms with E-state index in [4.69, 9.17) is 9.47 Å². The van der Waals surface area contributed by atoms with E-state index in [1.54, 1.807) is 24.3 Å². The zero-order chi connectivity index (χ0) is 21.6. The molecule has 0 atom stereocenters. The van der Waals surface area contributed by atoms with Crippen LogP contribution in [0.15, 0.2) is 58.7 Å². The fraction of sp³-hybridized carbons (Fsp3) is 0.273. The van der Waals surface area contributed by atoms with Crippen LogP contribution in [0.25, 0.3) is 0 Å². The molecule has 0 aromatic heterocycles. The Morgan fingerprint density at radius 1 is 0.733 bits per heavy atom. The molecule has 8 nitrogen and oxygen atoms in total. The van der Waals surface area contributed by atoms with Crippen LogP contribution in [0, 0.1) is 0 Å². The van der Waals surface area contributed by atoms with E-state index in [0.717, 1.165) is 35.5 Å². The van der Waals surface area contributed by atoms with Crippen LogP contribution < -0.4 is 20.3 Å². The third-order valence-electron chi connectivity index (χ3n) is 3.67. The van der Waals surface area contributed by atoms with Crippen molar-refractivity contribution in [2.24, 2.45) is 10.2 Å². The van der Waals surface area contributed by atoms with Crippen LogP contribution >= 0.6 is 0 Å². The molecule has 0 heterocycles. The van der Waals surface area contributed by atoms with Gasteiger partial charge in [0.05, 0.1) is 25.6 Å². The van der Waals surface area contributed by atoms with E-state index in [1.165, 1.54) is 12.4 Å². The van der Waals surface area contributed by atoms with Crippen molar-refractivity contribution in [2.45, 2.75) is 26.7 Å². The van der Waals surface area contributed by atoms with Gasteiger partial charge in [-0.05, 0) is 72.5 Å². The maximum absolute atomic E-state index is 11.7. The minimum atomic E-state index is -0.922. The summed E-state index contributed by atoms with van der Waals surface area (Å²) < 4.78 is 11.0. The molecule has 2 rings (SSSR count). The van der Waals surface area contributed by atoms with Gasteiger partial charge in [0, 0.05) is 0 Å². The van der Waals surface area contributed by atoms with Crippen molar-refractivity contribution in [3.8, 4) is 11.5 Å². The Kier molecular flexibility index (Phi) is 9.58. The monoisotopic (exact) mass is 410 g/mol. The molecule has 2 N–H and O–H groups in total. The van der Waals surface area contributed by atoms with Gasteiger partial charge in [0.25, 0.3) is 0 Å². The van der Waals surface area contributed by atoms with Gasteiger partial charge < -0.3 is 9.47 Å². The summed E-state index contributed by atoms with van der Waals surface area (Å²) in [6.07, 6.45) is 4.73. The number of hydrazone groups is 2. The molecule has 2 amide bonds. The van der Waals surface area contributed by atoms with Gasteiger partial charge in [-0.1, -0.05) is 13.8 Å². The maximum Gasteiger partial charge on any atom is 0.331 e. The number of amides is 2. The number of nitrogens with one attached hydrogen (secondary N) is 2. The zero-order valence-corrected chi connectivity index (χ0v) is 17.1. The third kappa shape index (κ3) is 8.14. The van der Waals surface area contributed by atoms with Crippen LogP contribution in [-0.2, 0) is 9.59 Å². The molecule has 2 aromatic rings. The van der Waals surface area contributed by atoms with Crippen molar-refractivity contribution < 1.29 is 19.1 Å². The van der Waals surface area contributed by atoms with Crippen LogP contribution in [0.2, 0.25) is 0 Å². The Hall–Kier alpha value is -3.68. The van der Waals surface area contributed by atoms with Gasteiger partial charge in [-0.3, -0.25) is 9.59 Å². The Bertz CT molecular complexity index is 788. The van der Waals surface area contributed by atoms with E-state index >= 15 is 0 Å². The highest BCUT2D eigenvalue weighted by atomic mass is 16.5. The lowest BCUT2D eigenvalue weighted by atomic mass is 10.2. The maximum atomic E-state index is 11.7. The van der Waals surface area contributed by atoms with Crippen LogP contribution in [0.1, 0.15) is 37.8 Å². The summed E-state index contributed by atoms with van der Waals surface area (Å²) in [7, 11) is 0. The molecular formula is C22H26N4O4. The molecule has 0 radical (unpaired) electrons. The molecule has 0 aliphatic rings. The molecule has 0 aliphatic carbocycles. The summed E-state index contributed by atoms with van der Waals surface area (Å²) >= 11 is 0. The highest BCUT2D eigenvalue weighted by Crippen LogP contribution is 2.12. The lowest BCUT2D eigenvalue weighted by Crippen LogP contribution is -2.35. The second-order valence-electron chi connectivity index (χ2n) is 6.23. The summed E-state index contributed by atoms with van der Waals surface area (Å²) in [4.78, 5) is 23.5. The van der Waals surface area contributed by atoms with Gasteiger partial charge in [0.15, 0.2) is 0 Å². The molecule has 30 heavy (non-hydrogen) atoms. The quantitative estimate of drug-likeness (QED) is 0.357. The molecule has 0 aliphatic heterocycles. The van der Waals surface area contributed by atoms with E-state index in [-0.39, 0.29) is 0 Å². The van der Waals surface area contributed by atoms with Crippen LogP contribution in [0.4, 0.5) is 0 Å². The number of hydrogen-bond acceptors (Lipinski definition) is 6. The first-order valence-corrected chi connectivity index (χ1v) is 9.74. The highest BCUT2D eigenvalue weighted by molar-refractivity contribution is 6.35. The molecule has 0 saturated carbocycles. The summed E-state index contributed by atoms with van der Waals surface area (Å²) in [5, 5.41) is 7.53. The predicted octanol–water partition coefficient (Wildman–Crippen LogP) is 2.86. The van der Waals surface area contributed by atoms with E-state index in [9.17, 15) is 9.59 Å². The number of ether oxygens (including phenoxy) is 2. The van der Waals surface area contributed by atoms with Crippen LogP contribution in [0.5, 0.6) is 11.5 Å². The number of benzene rings is 2. The number of carbonyl (C=O) groups excluding carboxylic acids is 2. The second kappa shape index (κ2) is 12.7.